The van der Waals surface area contributed by atoms with Gasteiger partial charge in [0, 0.05) is 24.8 Å². The maximum absolute atomic E-state index is 11.9. The third kappa shape index (κ3) is 14.6. The molecule has 0 radical (unpaired) electrons. The van der Waals surface area contributed by atoms with Gasteiger partial charge in [-0.2, -0.15) is 0 Å². The lowest BCUT2D eigenvalue weighted by Crippen LogP contribution is -2.30. The van der Waals surface area contributed by atoms with Gasteiger partial charge < -0.3 is 16.0 Å². The summed E-state index contributed by atoms with van der Waals surface area (Å²) in [5.74, 6) is -0.109. The second kappa shape index (κ2) is 18.7. The zero-order valence-corrected chi connectivity index (χ0v) is 19.9. The molecule has 0 saturated heterocycles. The highest BCUT2D eigenvalue weighted by atomic mass is 16.2. The summed E-state index contributed by atoms with van der Waals surface area (Å²) in [4.78, 5) is 23.4. The van der Waals surface area contributed by atoms with E-state index in [0.29, 0.717) is 5.56 Å². The van der Waals surface area contributed by atoms with Crippen molar-refractivity contribution in [1.29, 1.82) is 0 Å². The molecule has 0 heterocycles. The first-order valence-corrected chi connectivity index (χ1v) is 12.5. The highest BCUT2D eigenvalue weighted by Gasteiger charge is 2.04. The first-order chi connectivity index (χ1) is 15.2. The van der Waals surface area contributed by atoms with Crippen LogP contribution in [0, 0.1) is 0 Å². The molecule has 5 heteroatoms. The largest absolute Gasteiger partial charge is 0.376 e. The van der Waals surface area contributed by atoms with E-state index in [1.165, 1.54) is 83.5 Å². The number of benzene rings is 1. The number of nitrogens with one attached hydrogen (secondary N) is 3. The lowest BCUT2D eigenvalue weighted by Gasteiger charge is -2.08. The Morgan fingerprint density at radius 2 is 1.19 bits per heavy atom. The molecule has 0 bridgehead atoms. The summed E-state index contributed by atoms with van der Waals surface area (Å²) < 4.78 is 0. The van der Waals surface area contributed by atoms with Crippen LogP contribution in [0.3, 0.4) is 0 Å². The molecule has 0 aliphatic heterocycles. The van der Waals surface area contributed by atoms with E-state index < -0.39 is 0 Å². The average Bonchev–Trinajstić information content (AvgIpc) is 2.80. The fraction of sp³-hybridized carbons (Fsp3) is 0.692. The van der Waals surface area contributed by atoms with Gasteiger partial charge in [-0.3, -0.25) is 9.59 Å². The van der Waals surface area contributed by atoms with E-state index in [1.807, 2.05) is 12.1 Å². The number of carbonyl (C=O) groups is 2. The van der Waals surface area contributed by atoms with Gasteiger partial charge in [0.25, 0.3) is 5.91 Å². The molecule has 5 nitrogen and oxygen atoms in total. The van der Waals surface area contributed by atoms with E-state index in [9.17, 15) is 9.59 Å². The van der Waals surface area contributed by atoms with Gasteiger partial charge in [0.2, 0.25) is 5.91 Å². The van der Waals surface area contributed by atoms with Gasteiger partial charge in [-0.1, -0.05) is 90.4 Å². The van der Waals surface area contributed by atoms with E-state index >= 15 is 0 Å². The molecule has 1 aromatic rings. The van der Waals surface area contributed by atoms with Crippen molar-refractivity contribution in [2.75, 3.05) is 25.5 Å². The fourth-order valence-electron chi connectivity index (χ4n) is 3.68. The molecule has 0 unspecified atom stereocenters. The number of rotatable bonds is 19. The minimum atomic E-state index is -0.113. The number of hydrogen-bond donors (Lipinski definition) is 3. The second-order valence-electron chi connectivity index (χ2n) is 8.46. The lowest BCUT2D eigenvalue weighted by molar-refractivity contribution is -0.119. The van der Waals surface area contributed by atoms with Gasteiger partial charge in [-0.15, -0.1) is 0 Å². The predicted octanol–water partition coefficient (Wildman–Crippen LogP) is 6.06. The van der Waals surface area contributed by atoms with Crippen LogP contribution in [0.25, 0.3) is 0 Å². The highest BCUT2D eigenvalue weighted by Crippen LogP contribution is 2.13. The molecule has 2 amide bonds. The number of anilines is 1. The number of carbonyl (C=O) groups excluding carboxylic acids is 2. The second-order valence-corrected chi connectivity index (χ2v) is 8.46. The molecule has 0 saturated carbocycles. The summed E-state index contributed by atoms with van der Waals surface area (Å²) in [6.07, 6.45) is 18.8. The molecule has 1 aromatic carbocycles. The molecular formula is C26H45N3O2. The van der Waals surface area contributed by atoms with Crippen LogP contribution in [-0.4, -0.2) is 32.0 Å². The Morgan fingerprint density at radius 1 is 0.710 bits per heavy atom. The SMILES string of the molecule is CCCCCCCCCCCCCCCCNC(=O)CNc1ccc(C(=O)NC)cc1. The van der Waals surface area contributed by atoms with Crippen molar-refractivity contribution >= 4 is 17.5 Å². The van der Waals surface area contributed by atoms with Crippen LogP contribution in [0.1, 0.15) is 107 Å². The van der Waals surface area contributed by atoms with Crippen molar-refractivity contribution in [3.63, 3.8) is 0 Å². The summed E-state index contributed by atoms with van der Waals surface area (Å²) in [5, 5.41) is 8.65. The summed E-state index contributed by atoms with van der Waals surface area (Å²) in [5.41, 5.74) is 1.44. The number of amides is 2. The molecule has 0 spiro atoms. The normalized spacial score (nSPS) is 10.6. The zero-order valence-electron chi connectivity index (χ0n) is 19.9. The fourth-order valence-corrected chi connectivity index (χ4v) is 3.68. The third-order valence-electron chi connectivity index (χ3n) is 5.68. The van der Waals surface area contributed by atoms with Crippen molar-refractivity contribution in [2.24, 2.45) is 0 Å². The Labute approximate surface area is 190 Å². The van der Waals surface area contributed by atoms with Gasteiger partial charge in [-0.25, -0.2) is 0 Å². The van der Waals surface area contributed by atoms with Gasteiger partial charge in [-0.05, 0) is 30.7 Å². The third-order valence-corrected chi connectivity index (χ3v) is 5.68. The minimum Gasteiger partial charge on any atom is -0.376 e. The van der Waals surface area contributed by atoms with Crippen LogP contribution < -0.4 is 16.0 Å². The van der Waals surface area contributed by atoms with E-state index in [0.717, 1.165) is 18.7 Å². The van der Waals surface area contributed by atoms with Gasteiger partial charge in [0.15, 0.2) is 0 Å². The maximum Gasteiger partial charge on any atom is 0.251 e. The van der Waals surface area contributed by atoms with Crippen molar-refractivity contribution in [2.45, 2.75) is 96.8 Å². The first kappa shape index (κ1) is 27.0. The smallest absolute Gasteiger partial charge is 0.251 e. The monoisotopic (exact) mass is 431 g/mol. The molecule has 0 atom stereocenters. The standard InChI is InChI=1S/C26H45N3O2/c1-3-4-5-6-7-8-9-10-11-12-13-14-15-16-21-28-25(30)22-29-24-19-17-23(18-20-24)26(31)27-2/h17-20,29H,3-16,21-22H2,1-2H3,(H,27,31)(H,28,30). The number of unbranched alkanes of at least 4 members (excludes halogenated alkanes) is 13. The molecule has 0 aliphatic rings. The van der Waals surface area contributed by atoms with Crippen molar-refractivity contribution in [1.82, 2.24) is 10.6 Å². The molecular weight excluding hydrogens is 386 g/mol. The molecule has 176 valence electrons. The summed E-state index contributed by atoms with van der Waals surface area (Å²) in [7, 11) is 1.61. The Kier molecular flexibility index (Phi) is 16.3. The van der Waals surface area contributed by atoms with Crippen LogP contribution in [0.5, 0.6) is 0 Å². The van der Waals surface area contributed by atoms with Crippen molar-refractivity contribution in [3.8, 4) is 0 Å². The van der Waals surface area contributed by atoms with E-state index in [4.69, 9.17) is 0 Å². The molecule has 3 N–H and O–H groups in total. The predicted molar refractivity (Wildman–Crippen MR) is 132 cm³/mol. The van der Waals surface area contributed by atoms with Crippen LogP contribution in [0.4, 0.5) is 5.69 Å². The molecule has 31 heavy (non-hydrogen) atoms. The maximum atomic E-state index is 11.9. The van der Waals surface area contributed by atoms with Crippen LogP contribution in [0.2, 0.25) is 0 Å². The first-order valence-electron chi connectivity index (χ1n) is 12.5. The van der Waals surface area contributed by atoms with Crippen LogP contribution >= 0.6 is 0 Å². The van der Waals surface area contributed by atoms with E-state index in [1.54, 1.807) is 19.2 Å². The van der Waals surface area contributed by atoms with E-state index in [2.05, 4.69) is 22.9 Å². The zero-order chi connectivity index (χ0) is 22.6. The highest BCUT2D eigenvalue weighted by molar-refractivity contribution is 5.94. The van der Waals surface area contributed by atoms with E-state index in [-0.39, 0.29) is 18.4 Å². The van der Waals surface area contributed by atoms with Crippen molar-refractivity contribution < 1.29 is 9.59 Å². The Morgan fingerprint density at radius 3 is 1.68 bits per heavy atom. The van der Waals surface area contributed by atoms with Crippen molar-refractivity contribution in [3.05, 3.63) is 29.8 Å². The minimum absolute atomic E-state index is 0.00470. The van der Waals surface area contributed by atoms with Crippen LogP contribution in [0.15, 0.2) is 24.3 Å². The summed E-state index contributed by atoms with van der Waals surface area (Å²) >= 11 is 0. The average molecular weight is 432 g/mol. The Bertz CT molecular complexity index is 587. The number of hydrogen-bond acceptors (Lipinski definition) is 3. The molecule has 0 aromatic heterocycles. The Balaban J connectivity index is 1.89. The quantitative estimate of drug-likeness (QED) is 0.233. The Hall–Kier alpha value is -2.04. The van der Waals surface area contributed by atoms with Gasteiger partial charge in [0.05, 0.1) is 6.54 Å². The van der Waals surface area contributed by atoms with Gasteiger partial charge >= 0.3 is 0 Å². The lowest BCUT2D eigenvalue weighted by atomic mass is 10.0. The van der Waals surface area contributed by atoms with Gasteiger partial charge in [0.1, 0.15) is 0 Å². The van der Waals surface area contributed by atoms with Crippen LogP contribution in [-0.2, 0) is 4.79 Å². The summed E-state index contributed by atoms with van der Waals surface area (Å²) in [6.45, 7) is 3.26. The molecule has 0 fully saturated rings. The molecule has 1 rings (SSSR count). The molecule has 0 aliphatic carbocycles. The topological polar surface area (TPSA) is 70.2 Å². The summed E-state index contributed by atoms with van der Waals surface area (Å²) in [6, 6.07) is 7.11.